The highest BCUT2D eigenvalue weighted by Crippen LogP contribution is 2.18. The number of nitrogens with zero attached hydrogens (tertiary/aromatic N) is 2. The summed E-state index contributed by atoms with van der Waals surface area (Å²) in [5.41, 5.74) is -0.600. The first-order valence-corrected chi connectivity index (χ1v) is 6.63. The first kappa shape index (κ1) is 15.4. The molecule has 1 rings (SSSR count). The minimum absolute atomic E-state index is 0.189. The Labute approximate surface area is 110 Å². The maximum atomic E-state index is 11.8. The number of carbonyl (C=O) groups excluding carboxylic acids is 1. The molecule has 0 bridgehead atoms. The van der Waals surface area contributed by atoms with E-state index >= 15 is 0 Å². The standard InChI is InChI=1S/C13H27N3O2/c1-11(16-8-6-15(4)7-9-16)10-13(2,14-3)12(17)18-5/h11,14H,6-10H2,1-5H3. The van der Waals surface area contributed by atoms with Crippen molar-refractivity contribution in [2.45, 2.75) is 31.8 Å². The molecule has 5 nitrogen and oxygen atoms in total. The predicted octanol–water partition coefficient (Wildman–Crippen LogP) is 0.164. The van der Waals surface area contributed by atoms with Crippen LogP contribution in [-0.2, 0) is 9.53 Å². The fourth-order valence-corrected chi connectivity index (χ4v) is 2.50. The second-order valence-corrected chi connectivity index (χ2v) is 5.47. The number of piperazine rings is 1. The number of hydrogen-bond donors (Lipinski definition) is 1. The molecule has 106 valence electrons. The average Bonchev–Trinajstić information content (AvgIpc) is 2.38. The molecule has 0 spiro atoms. The average molecular weight is 257 g/mol. The van der Waals surface area contributed by atoms with Gasteiger partial charge < -0.3 is 15.0 Å². The summed E-state index contributed by atoms with van der Waals surface area (Å²) in [5.74, 6) is -0.189. The number of likely N-dealkylation sites (N-methyl/N-ethyl adjacent to an activating group) is 2. The largest absolute Gasteiger partial charge is 0.468 e. The van der Waals surface area contributed by atoms with Gasteiger partial charge in [-0.05, 0) is 34.4 Å². The highest BCUT2D eigenvalue weighted by molar-refractivity contribution is 5.80. The monoisotopic (exact) mass is 257 g/mol. The molecular weight excluding hydrogens is 230 g/mol. The van der Waals surface area contributed by atoms with E-state index in [-0.39, 0.29) is 5.97 Å². The Hall–Kier alpha value is -0.650. The topological polar surface area (TPSA) is 44.8 Å². The zero-order valence-electron chi connectivity index (χ0n) is 12.3. The van der Waals surface area contributed by atoms with Crippen molar-refractivity contribution in [2.75, 3.05) is 47.4 Å². The molecule has 1 saturated heterocycles. The van der Waals surface area contributed by atoms with Gasteiger partial charge in [0.25, 0.3) is 0 Å². The minimum atomic E-state index is -0.600. The van der Waals surface area contributed by atoms with Crippen LogP contribution in [0.2, 0.25) is 0 Å². The molecule has 1 N–H and O–H groups in total. The van der Waals surface area contributed by atoms with Crippen molar-refractivity contribution in [1.82, 2.24) is 15.1 Å². The first-order chi connectivity index (χ1) is 8.42. The van der Waals surface area contributed by atoms with Gasteiger partial charge in [0.2, 0.25) is 0 Å². The van der Waals surface area contributed by atoms with E-state index in [9.17, 15) is 4.79 Å². The lowest BCUT2D eigenvalue weighted by molar-refractivity contribution is -0.148. The summed E-state index contributed by atoms with van der Waals surface area (Å²) in [6, 6.07) is 0.371. The van der Waals surface area contributed by atoms with E-state index in [0.29, 0.717) is 6.04 Å². The number of nitrogens with one attached hydrogen (secondary N) is 1. The van der Waals surface area contributed by atoms with E-state index in [1.807, 2.05) is 14.0 Å². The van der Waals surface area contributed by atoms with E-state index in [1.54, 1.807) is 0 Å². The lowest BCUT2D eigenvalue weighted by Crippen LogP contribution is -2.55. The molecule has 0 amide bonds. The summed E-state index contributed by atoms with van der Waals surface area (Å²) in [6.45, 7) is 8.42. The number of ether oxygens (including phenoxy) is 1. The molecule has 0 radical (unpaired) electrons. The summed E-state index contributed by atoms with van der Waals surface area (Å²) in [6.07, 6.45) is 0.764. The van der Waals surface area contributed by atoms with Crippen molar-refractivity contribution in [3.8, 4) is 0 Å². The van der Waals surface area contributed by atoms with Crippen LogP contribution in [0, 0.1) is 0 Å². The van der Waals surface area contributed by atoms with Crippen LogP contribution < -0.4 is 5.32 Å². The van der Waals surface area contributed by atoms with E-state index in [1.165, 1.54) is 7.11 Å². The number of methoxy groups -OCH3 is 1. The van der Waals surface area contributed by atoms with Crippen molar-refractivity contribution >= 4 is 5.97 Å². The molecule has 18 heavy (non-hydrogen) atoms. The summed E-state index contributed by atoms with van der Waals surface area (Å²) >= 11 is 0. The SMILES string of the molecule is CNC(C)(CC(C)N1CCN(C)CC1)C(=O)OC. The normalized spacial score (nSPS) is 23.4. The van der Waals surface area contributed by atoms with Gasteiger partial charge in [0, 0.05) is 32.2 Å². The lowest BCUT2D eigenvalue weighted by Gasteiger charge is -2.39. The smallest absolute Gasteiger partial charge is 0.325 e. The van der Waals surface area contributed by atoms with E-state index in [0.717, 1.165) is 32.6 Å². The molecule has 0 aromatic rings. The van der Waals surface area contributed by atoms with Crippen LogP contribution in [0.5, 0.6) is 0 Å². The summed E-state index contributed by atoms with van der Waals surface area (Å²) < 4.78 is 4.88. The molecule has 0 aromatic carbocycles. The Morgan fingerprint density at radius 2 is 1.94 bits per heavy atom. The number of esters is 1. The third kappa shape index (κ3) is 3.67. The Kier molecular flexibility index (Phi) is 5.56. The van der Waals surface area contributed by atoms with Gasteiger partial charge in [-0.25, -0.2) is 0 Å². The first-order valence-electron chi connectivity index (χ1n) is 6.63. The van der Waals surface area contributed by atoms with Crippen LogP contribution >= 0.6 is 0 Å². The second kappa shape index (κ2) is 6.50. The van der Waals surface area contributed by atoms with Crippen LogP contribution in [0.1, 0.15) is 20.3 Å². The Bertz CT molecular complexity index is 277. The zero-order valence-corrected chi connectivity index (χ0v) is 12.3. The van der Waals surface area contributed by atoms with Crippen molar-refractivity contribution < 1.29 is 9.53 Å². The molecule has 2 unspecified atom stereocenters. The molecule has 1 aliphatic rings. The third-order valence-corrected chi connectivity index (χ3v) is 4.05. The van der Waals surface area contributed by atoms with Crippen LogP contribution in [0.25, 0.3) is 0 Å². The van der Waals surface area contributed by atoms with Gasteiger partial charge in [0.1, 0.15) is 5.54 Å². The van der Waals surface area contributed by atoms with Gasteiger partial charge in [0.05, 0.1) is 7.11 Å². The van der Waals surface area contributed by atoms with Gasteiger partial charge in [-0.15, -0.1) is 0 Å². The zero-order chi connectivity index (χ0) is 13.8. The van der Waals surface area contributed by atoms with Crippen LogP contribution in [0.15, 0.2) is 0 Å². The van der Waals surface area contributed by atoms with E-state index in [2.05, 4.69) is 29.1 Å². The Morgan fingerprint density at radius 1 is 1.39 bits per heavy atom. The Balaban J connectivity index is 2.56. The molecular formula is C13H27N3O2. The number of carbonyl (C=O) groups is 1. The summed E-state index contributed by atoms with van der Waals surface area (Å²) in [7, 11) is 5.40. The fourth-order valence-electron chi connectivity index (χ4n) is 2.50. The van der Waals surface area contributed by atoms with Crippen molar-refractivity contribution in [3.05, 3.63) is 0 Å². The van der Waals surface area contributed by atoms with Gasteiger partial charge >= 0.3 is 5.97 Å². The highest BCUT2D eigenvalue weighted by Gasteiger charge is 2.36. The quantitative estimate of drug-likeness (QED) is 0.711. The van der Waals surface area contributed by atoms with Crippen LogP contribution in [0.3, 0.4) is 0 Å². The highest BCUT2D eigenvalue weighted by atomic mass is 16.5. The van der Waals surface area contributed by atoms with Gasteiger partial charge in [-0.3, -0.25) is 9.69 Å². The lowest BCUT2D eigenvalue weighted by atomic mass is 9.93. The minimum Gasteiger partial charge on any atom is -0.468 e. The molecule has 0 aromatic heterocycles. The number of hydrogen-bond acceptors (Lipinski definition) is 5. The summed E-state index contributed by atoms with van der Waals surface area (Å²) in [4.78, 5) is 16.6. The molecule has 1 heterocycles. The Morgan fingerprint density at radius 3 is 2.39 bits per heavy atom. The molecule has 5 heteroatoms. The molecule has 0 saturated carbocycles. The van der Waals surface area contributed by atoms with E-state index in [4.69, 9.17) is 4.74 Å². The molecule has 1 fully saturated rings. The maximum Gasteiger partial charge on any atom is 0.325 e. The van der Waals surface area contributed by atoms with Crippen molar-refractivity contribution in [3.63, 3.8) is 0 Å². The van der Waals surface area contributed by atoms with Gasteiger partial charge in [-0.1, -0.05) is 0 Å². The fraction of sp³-hybridized carbons (Fsp3) is 0.923. The summed E-state index contributed by atoms with van der Waals surface area (Å²) in [5, 5.41) is 3.10. The van der Waals surface area contributed by atoms with Gasteiger partial charge in [0.15, 0.2) is 0 Å². The molecule has 0 aliphatic carbocycles. The van der Waals surface area contributed by atoms with Crippen molar-refractivity contribution in [2.24, 2.45) is 0 Å². The maximum absolute atomic E-state index is 11.8. The van der Waals surface area contributed by atoms with Crippen molar-refractivity contribution in [1.29, 1.82) is 0 Å². The van der Waals surface area contributed by atoms with Crippen LogP contribution in [0.4, 0.5) is 0 Å². The van der Waals surface area contributed by atoms with Gasteiger partial charge in [-0.2, -0.15) is 0 Å². The molecule has 2 atom stereocenters. The van der Waals surface area contributed by atoms with Crippen LogP contribution in [-0.4, -0.2) is 74.7 Å². The van der Waals surface area contributed by atoms with E-state index < -0.39 is 5.54 Å². The molecule has 1 aliphatic heterocycles. The third-order valence-electron chi connectivity index (χ3n) is 4.05. The number of rotatable bonds is 5. The second-order valence-electron chi connectivity index (χ2n) is 5.47. The predicted molar refractivity (Wildman–Crippen MR) is 72.6 cm³/mol.